The molecular weight excluding hydrogens is 246 g/mol. The fourth-order valence-corrected chi connectivity index (χ4v) is 1.93. The number of hydrogen-bond donors (Lipinski definition) is 1. The fourth-order valence-electron chi connectivity index (χ4n) is 1.65. The number of pyridine rings is 1. The van der Waals surface area contributed by atoms with Gasteiger partial charge in [-0.2, -0.15) is 5.26 Å². The van der Waals surface area contributed by atoms with Crippen LogP contribution in [0.5, 0.6) is 0 Å². The summed E-state index contributed by atoms with van der Waals surface area (Å²) in [5.74, 6) is 0.681. The van der Waals surface area contributed by atoms with E-state index in [4.69, 9.17) is 16.9 Å². The SMILES string of the molecule is Cc1cc(NCc2ccccc2)nc(Cl)c1C#N. The van der Waals surface area contributed by atoms with Crippen molar-refractivity contribution in [3.8, 4) is 6.07 Å². The number of anilines is 1. The molecule has 0 spiro atoms. The minimum absolute atomic E-state index is 0.244. The van der Waals surface area contributed by atoms with Gasteiger partial charge in [0.2, 0.25) is 0 Å². The Balaban J connectivity index is 2.14. The summed E-state index contributed by atoms with van der Waals surface area (Å²) in [5, 5.41) is 12.3. The van der Waals surface area contributed by atoms with Crippen molar-refractivity contribution >= 4 is 17.4 Å². The lowest BCUT2D eigenvalue weighted by Crippen LogP contribution is -2.02. The average Bonchev–Trinajstić information content (AvgIpc) is 2.37. The average molecular weight is 258 g/mol. The number of benzene rings is 1. The highest BCUT2D eigenvalue weighted by Gasteiger charge is 2.07. The maximum atomic E-state index is 8.90. The minimum Gasteiger partial charge on any atom is -0.366 e. The van der Waals surface area contributed by atoms with E-state index in [1.807, 2.05) is 49.4 Å². The molecule has 0 radical (unpaired) electrons. The predicted molar refractivity (Wildman–Crippen MR) is 72.5 cm³/mol. The highest BCUT2D eigenvalue weighted by Crippen LogP contribution is 2.20. The molecule has 4 heteroatoms. The van der Waals surface area contributed by atoms with Gasteiger partial charge in [0.15, 0.2) is 0 Å². The van der Waals surface area contributed by atoms with Crippen molar-refractivity contribution < 1.29 is 0 Å². The van der Waals surface area contributed by atoms with Crippen molar-refractivity contribution in [1.82, 2.24) is 4.98 Å². The van der Waals surface area contributed by atoms with Gasteiger partial charge in [-0.15, -0.1) is 0 Å². The molecule has 0 atom stereocenters. The largest absolute Gasteiger partial charge is 0.366 e. The number of aromatic nitrogens is 1. The maximum absolute atomic E-state index is 8.90. The zero-order valence-corrected chi connectivity index (χ0v) is 10.7. The number of nitrogens with zero attached hydrogens (tertiary/aromatic N) is 2. The Kier molecular flexibility index (Phi) is 3.81. The molecule has 0 aliphatic heterocycles. The maximum Gasteiger partial charge on any atom is 0.149 e. The third-order valence-corrected chi connectivity index (χ3v) is 2.87. The summed E-state index contributed by atoms with van der Waals surface area (Å²) in [5.41, 5.74) is 2.42. The van der Waals surface area contributed by atoms with Gasteiger partial charge in [0.05, 0.1) is 5.56 Å². The Labute approximate surface area is 111 Å². The molecule has 0 fully saturated rings. The summed E-state index contributed by atoms with van der Waals surface area (Å²) in [6, 6.07) is 13.9. The molecule has 1 aromatic carbocycles. The van der Waals surface area contributed by atoms with Gasteiger partial charge in [-0.3, -0.25) is 0 Å². The lowest BCUT2D eigenvalue weighted by atomic mass is 10.2. The van der Waals surface area contributed by atoms with Crippen molar-refractivity contribution in [1.29, 1.82) is 5.26 Å². The molecule has 0 saturated heterocycles. The third kappa shape index (κ3) is 2.79. The molecule has 90 valence electrons. The summed E-state index contributed by atoms with van der Waals surface area (Å²) in [6.45, 7) is 2.52. The van der Waals surface area contributed by atoms with Crippen molar-refractivity contribution in [3.05, 3.63) is 58.2 Å². The molecule has 0 amide bonds. The predicted octanol–water partition coefficient (Wildman–Crippen LogP) is 3.53. The van der Waals surface area contributed by atoms with Crippen molar-refractivity contribution in [3.63, 3.8) is 0 Å². The highest BCUT2D eigenvalue weighted by atomic mass is 35.5. The van der Waals surface area contributed by atoms with E-state index in [0.717, 1.165) is 11.1 Å². The molecule has 0 unspecified atom stereocenters. The molecule has 0 aliphatic carbocycles. The number of hydrogen-bond acceptors (Lipinski definition) is 3. The smallest absolute Gasteiger partial charge is 0.149 e. The summed E-state index contributed by atoms with van der Waals surface area (Å²) in [4.78, 5) is 4.15. The second-order valence-corrected chi connectivity index (χ2v) is 4.30. The molecule has 0 bridgehead atoms. The van der Waals surface area contributed by atoms with Crippen molar-refractivity contribution in [2.45, 2.75) is 13.5 Å². The fraction of sp³-hybridized carbons (Fsp3) is 0.143. The van der Waals surface area contributed by atoms with E-state index in [-0.39, 0.29) is 5.15 Å². The van der Waals surface area contributed by atoms with E-state index in [1.54, 1.807) is 0 Å². The van der Waals surface area contributed by atoms with E-state index in [9.17, 15) is 0 Å². The first-order chi connectivity index (χ1) is 8.70. The molecule has 1 aromatic heterocycles. The van der Waals surface area contributed by atoms with Gasteiger partial charge in [-0.05, 0) is 24.1 Å². The number of nitriles is 1. The van der Waals surface area contributed by atoms with Crippen LogP contribution in [0, 0.1) is 18.3 Å². The van der Waals surface area contributed by atoms with E-state index in [1.165, 1.54) is 0 Å². The van der Waals surface area contributed by atoms with Crippen LogP contribution in [0.4, 0.5) is 5.82 Å². The van der Waals surface area contributed by atoms with Crippen LogP contribution >= 0.6 is 11.6 Å². The summed E-state index contributed by atoms with van der Waals surface area (Å²) < 4.78 is 0. The van der Waals surface area contributed by atoms with Gasteiger partial charge in [0, 0.05) is 6.54 Å². The standard InChI is InChI=1S/C14H12ClN3/c1-10-7-13(18-14(15)12(10)8-16)17-9-11-5-3-2-4-6-11/h2-7H,9H2,1H3,(H,17,18). The topological polar surface area (TPSA) is 48.7 Å². The zero-order chi connectivity index (χ0) is 13.0. The van der Waals surface area contributed by atoms with Crippen LogP contribution < -0.4 is 5.32 Å². The van der Waals surface area contributed by atoms with Gasteiger partial charge in [-0.1, -0.05) is 41.9 Å². The van der Waals surface area contributed by atoms with E-state index >= 15 is 0 Å². The van der Waals surface area contributed by atoms with Crippen LogP contribution in [0.3, 0.4) is 0 Å². The van der Waals surface area contributed by atoms with Crippen molar-refractivity contribution in [2.24, 2.45) is 0 Å². The van der Waals surface area contributed by atoms with E-state index in [0.29, 0.717) is 17.9 Å². The first-order valence-corrected chi connectivity index (χ1v) is 5.93. The zero-order valence-electron chi connectivity index (χ0n) is 9.94. The molecule has 2 rings (SSSR count). The lowest BCUT2D eigenvalue weighted by molar-refractivity contribution is 1.10. The van der Waals surface area contributed by atoms with Crippen molar-refractivity contribution in [2.75, 3.05) is 5.32 Å². The Morgan fingerprint density at radius 1 is 1.33 bits per heavy atom. The van der Waals surface area contributed by atoms with Crippen LogP contribution in [0.15, 0.2) is 36.4 Å². The summed E-state index contributed by atoms with van der Waals surface area (Å²) in [6.07, 6.45) is 0. The van der Waals surface area contributed by atoms with Gasteiger partial charge >= 0.3 is 0 Å². The quantitative estimate of drug-likeness (QED) is 0.856. The van der Waals surface area contributed by atoms with Crippen LogP contribution in [-0.4, -0.2) is 4.98 Å². The first-order valence-electron chi connectivity index (χ1n) is 5.55. The van der Waals surface area contributed by atoms with Gasteiger partial charge in [0.1, 0.15) is 17.0 Å². The molecule has 2 aromatic rings. The van der Waals surface area contributed by atoms with Crippen LogP contribution in [-0.2, 0) is 6.54 Å². The number of aryl methyl sites for hydroxylation is 1. The molecule has 3 nitrogen and oxygen atoms in total. The number of rotatable bonds is 3. The Morgan fingerprint density at radius 3 is 2.67 bits per heavy atom. The number of halogens is 1. The number of nitrogens with one attached hydrogen (secondary N) is 1. The molecular formula is C14H12ClN3. The second-order valence-electron chi connectivity index (χ2n) is 3.94. The third-order valence-electron chi connectivity index (χ3n) is 2.60. The van der Waals surface area contributed by atoms with E-state index < -0.39 is 0 Å². The Morgan fingerprint density at radius 2 is 2.06 bits per heavy atom. The minimum atomic E-state index is 0.244. The van der Waals surface area contributed by atoms with E-state index in [2.05, 4.69) is 10.3 Å². The first kappa shape index (κ1) is 12.4. The van der Waals surface area contributed by atoms with Gasteiger partial charge in [-0.25, -0.2) is 4.98 Å². The summed E-state index contributed by atoms with van der Waals surface area (Å²) >= 11 is 5.94. The molecule has 0 aliphatic rings. The normalized spacial score (nSPS) is 9.83. The highest BCUT2D eigenvalue weighted by molar-refractivity contribution is 6.30. The second kappa shape index (κ2) is 5.52. The Hall–Kier alpha value is -2.05. The molecule has 1 N–H and O–H groups in total. The summed E-state index contributed by atoms with van der Waals surface area (Å²) in [7, 11) is 0. The van der Waals surface area contributed by atoms with Crippen LogP contribution in [0.1, 0.15) is 16.7 Å². The molecule has 18 heavy (non-hydrogen) atoms. The monoisotopic (exact) mass is 257 g/mol. The van der Waals surface area contributed by atoms with Crippen LogP contribution in [0.25, 0.3) is 0 Å². The lowest BCUT2D eigenvalue weighted by Gasteiger charge is -2.08. The molecule has 0 saturated carbocycles. The van der Waals surface area contributed by atoms with Gasteiger partial charge < -0.3 is 5.32 Å². The van der Waals surface area contributed by atoms with Gasteiger partial charge in [0.25, 0.3) is 0 Å². The van der Waals surface area contributed by atoms with Crippen LogP contribution in [0.2, 0.25) is 5.15 Å². The molecule has 1 heterocycles. The Bertz CT molecular complexity index is 565.